The average Bonchev–Trinajstić information content (AvgIpc) is 2.55. The van der Waals surface area contributed by atoms with Crippen LogP contribution in [0.1, 0.15) is 52.9 Å². The molecule has 2 saturated carbocycles. The number of rotatable bonds is 2. The first-order valence-electron chi connectivity index (χ1n) is 6.63. The van der Waals surface area contributed by atoms with Gasteiger partial charge < -0.3 is 4.74 Å². The van der Waals surface area contributed by atoms with E-state index < -0.39 is 0 Å². The zero-order chi connectivity index (χ0) is 12.6. The van der Waals surface area contributed by atoms with E-state index in [1.54, 1.807) is 6.92 Å². The van der Waals surface area contributed by atoms with Crippen LogP contribution >= 0.6 is 0 Å². The van der Waals surface area contributed by atoms with Gasteiger partial charge in [0.05, 0.1) is 0 Å². The molecule has 0 spiro atoms. The fraction of sp³-hybridized carbons (Fsp3) is 0.857. The highest BCUT2D eigenvalue weighted by Gasteiger charge is 2.53. The summed E-state index contributed by atoms with van der Waals surface area (Å²) in [4.78, 5) is 22.9. The van der Waals surface area contributed by atoms with Crippen LogP contribution in [0.3, 0.4) is 0 Å². The number of ketones is 1. The molecule has 96 valence electrons. The van der Waals surface area contributed by atoms with Gasteiger partial charge in [0.2, 0.25) is 0 Å². The molecule has 3 heteroatoms. The first-order valence-corrected chi connectivity index (χ1v) is 6.63. The Balaban J connectivity index is 2.18. The summed E-state index contributed by atoms with van der Waals surface area (Å²) >= 11 is 0. The molecule has 0 unspecified atom stereocenters. The van der Waals surface area contributed by atoms with E-state index in [0.717, 1.165) is 32.1 Å². The summed E-state index contributed by atoms with van der Waals surface area (Å²) < 4.78 is 5.45. The Morgan fingerprint density at radius 2 is 1.88 bits per heavy atom. The van der Waals surface area contributed by atoms with E-state index >= 15 is 0 Å². The largest absolute Gasteiger partial charge is 0.462 e. The lowest BCUT2D eigenvalue weighted by Gasteiger charge is -2.43. The first-order chi connectivity index (χ1) is 7.95. The minimum absolute atomic E-state index is 0.0376. The third-order valence-electron chi connectivity index (χ3n) is 4.87. The third-order valence-corrected chi connectivity index (χ3v) is 4.87. The van der Waals surface area contributed by atoms with Crippen LogP contribution in [0.5, 0.6) is 0 Å². The molecule has 2 aliphatic carbocycles. The lowest BCUT2D eigenvalue weighted by atomic mass is 9.63. The van der Waals surface area contributed by atoms with Crippen molar-refractivity contribution in [3.63, 3.8) is 0 Å². The molecule has 0 saturated heterocycles. The molecule has 0 aromatic rings. The van der Waals surface area contributed by atoms with Gasteiger partial charge in [-0.3, -0.25) is 9.59 Å². The predicted molar refractivity (Wildman–Crippen MR) is 64.4 cm³/mol. The standard InChI is InChI=1S/C14H22O3/c1-9(15)11-6-7-12-13(17-10(2)16)5-4-8-14(11,12)3/h11-13H,4-8H2,1-3H3/t11-,12+,13+,14-/m0/s1. The SMILES string of the molecule is CC(=O)O[C@@H]1CCC[C@]2(C)[C@@H]1CC[C@H]2C(C)=O. The van der Waals surface area contributed by atoms with Crippen molar-refractivity contribution in [1.29, 1.82) is 0 Å². The van der Waals surface area contributed by atoms with Gasteiger partial charge in [0.1, 0.15) is 11.9 Å². The zero-order valence-electron chi connectivity index (χ0n) is 11.0. The molecule has 2 rings (SSSR count). The van der Waals surface area contributed by atoms with E-state index in [-0.39, 0.29) is 23.4 Å². The summed E-state index contributed by atoms with van der Waals surface area (Å²) in [6.45, 7) is 5.39. The molecule has 17 heavy (non-hydrogen) atoms. The van der Waals surface area contributed by atoms with Crippen LogP contribution < -0.4 is 0 Å². The van der Waals surface area contributed by atoms with Crippen LogP contribution in [0.25, 0.3) is 0 Å². The molecule has 2 fully saturated rings. The Hall–Kier alpha value is -0.860. The quantitative estimate of drug-likeness (QED) is 0.695. The van der Waals surface area contributed by atoms with Crippen molar-refractivity contribution in [2.75, 3.05) is 0 Å². The normalized spacial score (nSPS) is 40.8. The molecule has 0 aliphatic heterocycles. The van der Waals surface area contributed by atoms with Crippen molar-refractivity contribution in [3.8, 4) is 0 Å². The Kier molecular flexibility index (Phi) is 3.28. The maximum absolute atomic E-state index is 11.7. The van der Waals surface area contributed by atoms with Gasteiger partial charge >= 0.3 is 5.97 Å². The molecule has 0 heterocycles. The number of carbonyl (C=O) groups is 2. The fourth-order valence-corrected chi connectivity index (χ4v) is 4.14. The second kappa shape index (κ2) is 4.43. The second-order valence-electron chi connectivity index (χ2n) is 5.89. The minimum atomic E-state index is -0.189. The van der Waals surface area contributed by atoms with Gasteiger partial charge in [-0.15, -0.1) is 0 Å². The number of hydrogen-bond donors (Lipinski definition) is 0. The van der Waals surface area contributed by atoms with Crippen LogP contribution in [-0.2, 0) is 14.3 Å². The van der Waals surface area contributed by atoms with E-state index in [4.69, 9.17) is 4.74 Å². The minimum Gasteiger partial charge on any atom is -0.462 e. The van der Waals surface area contributed by atoms with Gasteiger partial charge in [-0.1, -0.05) is 6.92 Å². The van der Waals surface area contributed by atoms with Crippen LogP contribution in [0.2, 0.25) is 0 Å². The van der Waals surface area contributed by atoms with Crippen molar-refractivity contribution in [2.45, 2.75) is 59.0 Å². The van der Waals surface area contributed by atoms with Crippen molar-refractivity contribution < 1.29 is 14.3 Å². The Labute approximate surface area is 103 Å². The van der Waals surface area contributed by atoms with Crippen molar-refractivity contribution in [3.05, 3.63) is 0 Å². The van der Waals surface area contributed by atoms with Gasteiger partial charge in [0.15, 0.2) is 0 Å². The highest BCUT2D eigenvalue weighted by molar-refractivity contribution is 5.79. The number of hydrogen-bond acceptors (Lipinski definition) is 3. The summed E-state index contributed by atoms with van der Waals surface area (Å²) in [5, 5.41) is 0. The molecule has 0 amide bonds. The van der Waals surface area contributed by atoms with E-state index in [0.29, 0.717) is 11.7 Å². The summed E-state index contributed by atoms with van der Waals surface area (Å²) in [5.41, 5.74) is 0.0597. The van der Waals surface area contributed by atoms with Crippen molar-refractivity contribution >= 4 is 11.8 Å². The zero-order valence-corrected chi connectivity index (χ0v) is 11.0. The number of Topliss-reactive ketones (excluding diaryl/α,β-unsaturated/α-hetero) is 1. The third kappa shape index (κ3) is 2.12. The molecule has 0 aromatic carbocycles. The van der Waals surface area contributed by atoms with Crippen LogP contribution in [0.4, 0.5) is 0 Å². The Bertz CT molecular complexity index is 336. The summed E-state index contributed by atoms with van der Waals surface area (Å²) in [5.74, 6) is 0.670. The summed E-state index contributed by atoms with van der Waals surface area (Å²) in [6, 6.07) is 0. The van der Waals surface area contributed by atoms with Crippen LogP contribution in [0, 0.1) is 17.3 Å². The maximum atomic E-state index is 11.7. The molecular formula is C14H22O3. The Morgan fingerprint density at radius 1 is 1.18 bits per heavy atom. The van der Waals surface area contributed by atoms with E-state index in [9.17, 15) is 9.59 Å². The molecule has 2 aliphatic rings. The lowest BCUT2D eigenvalue weighted by molar-refractivity contribution is -0.155. The highest BCUT2D eigenvalue weighted by Crippen LogP contribution is 2.56. The summed E-state index contributed by atoms with van der Waals surface area (Å²) in [7, 11) is 0. The number of ether oxygens (including phenoxy) is 1. The lowest BCUT2D eigenvalue weighted by Crippen LogP contribution is -2.43. The van der Waals surface area contributed by atoms with Gasteiger partial charge in [0, 0.05) is 18.8 Å². The molecular weight excluding hydrogens is 216 g/mol. The van der Waals surface area contributed by atoms with E-state index in [1.807, 2.05) is 0 Å². The van der Waals surface area contributed by atoms with Gasteiger partial charge in [-0.2, -0.15) is 0 Å². The van der Waals surface area contributed by atoms with Crippen molar-refractivity contribution in [2.24, 2.45) is 17.3 Å². The molecule has 0 bridgehead atoms. The molecule has 3 nitrogen and oxygen atoms in total. The number of carbonyl (C=O) groups excluding carboxylic acids is 2. The summed E-state index contributed by atoms with van der Waals surface area (Å²) in [6.07, 6.45) is 5.15. The highest BCUT2D eigenvalue weighted by atomic mass is 16.5. The molecule has 4 atom stereocenters. The molecule has 0 radical (unpaired) electrons. The van der Waals surface area contributed by atoms with Gasteiger partial charge in [-0.25, -0.2) is 0 Å². The fourth-order valence-electron chi connectivity index (χ4n) is 4.14. The maximum Gasteiger partial charge on any atom is 0.302 e. The second-order valence-corrected chi connectivity index (χ2v) is 5.89. The number of fused-ring (bicyclic) bond motifs is 1. The van der Waals surface area contributed by atoms with Gasteiger partial charge in [-0.05, 0) is 44.4 Å². The van der Waals surface area contributed by atoms with Crippen molar-refractivity contribution in [1.82, 2.24) is 0 Å². The molecule has 0 N–H and O–H groups in total. The van der Waals surface area contributed by atoms with Gasteiger partial charge in [0.25, 0.3) is 0 Å². The smallest absolute Gasteiger partial charge is 0.302 e. The Morgan fingerprint density at radius 3 is 2.47 bits per heavy atom. The monoisotopic (exact) mass is 238 g/mol. The van der Waals surface area contributed by atoms with Crippen LogP contribution in [0.15, 0.2) is 0 Å². The van der Waals surface area contributed by atoms with E-state index in [2.05, 4.69) is 6.92 Å². The topological polar surface area (TPSA) is 43.4 Å². The van der Waals surface area contributed by atoms with E-state index in [1.165, 1.54) is 6.92 Å². The first kappa shape index (κ1) is 12.6. The number of esters is 1. The average molecular weight is 238 g/mol. The van der Waals surface area contributed by atoms with Crippen LogP contribution in [-0.4, -0.2) is 17.9 Å². The molecule has 0 aromatic heterocycles. The predicted octanol–water partition coefficient (Wildman–Crippen LogP) is 2.72.